The number of rotatable bonds is 7. The van der Waals surface area contributed by atoms with Gasteiger partial charge in [-0.3, -0.25) is 14.5 Å². The number of halogens is 2. The van der Waals surface area contributed by atoms with Crippen molar-refractivity contribution in [2.45, 2.75) is 38.3 Å². The van der Waals surface area contributed by atoms with Crippen LogP contribution in [0.5, 0.6) is 0 Å². The first-order chi connectivity index (χ1) is 21.5. The Balaban J connectivity index is 1.45. The molecular formula is C31H30ClFN8O3. The van der Waals surface area contributed by atoms with E-state index < -0.39 is 11.8 Å². The SMILES string of the molecule is C=CC1CCC(Cn2c(N3CCOCC3c3ccccc3F)nc3nc(-c4noc(=O)[nH]4)nc(-c4cncc(Cl)c4)c32)CC1. The zero-order valence-corrected chi connectivity index (χ0v) is 24.6. The van der Waals surface area contributed by atoms with Crippen LogP contribution < -0.4 is 10.7 Å². The summed E-state index contributed by atoms with van der Waals surface area (Å²) in [4.78, 5) is 35.4. The first-order valence-corrected chi connectivity index (χ1v) is 15.0. The molecule has 13 heteroatoms. The van der Waals surface area contributed by atoms with E-state index in [0.29, 0.717) is 77.1 Å². The third-order valence-electron chi connectivity index (χ3n) is 8.53. The number of aromatic nitrogens is 7. The zero-order chi connectivity index (χ0) is 30.2. The standard InChI is InChI=1S/C31H30ClFN8O3/c1-2-18-7-9-19(10-8-18)16-41-26-25(20-13-21(32)15-34-14-20)35-28(29-38-31(42)44-39-29)36-27(26)37-30(41)40-11-12-43-17-24(40)22-5-3-4-6-23(22)33/h2-6,13-15,18-19,24H,1,7-12,16-17H2,(H,38,39,42). The molecule has 1 atom stereocenters. The molecule has 1 aliphatic carbocycles. The second kappa shape index (κ2) is 11.9. The minimum Gasteiger partial charge on any atom is -0.377 e. The first-order valence-electron chi connectivity index (χ1n) is 14.7. The van der Waals surface area contributed by atoms with Crippen LogP contribution in [0.4, 0.5) is 10.3 Å². The number of pyridine rings is 1. The lowest BCUT2D eigenvalue weighted by Gasteiger charge is -2.37. The molecule has 1 aliphatic heterocycles. The van der Waals surface area contributed by atoms with E-state index in [9.17, 15) is 4.79 Å². The van der Waals surface area contributed by atoms with E-state index in [1.807, 2.05) is 6.07 Å². The Hall–Kier alpha value is -4.42. The van der Waals surface area contributed by atoms with Crippen molar-refractivity contribution in [3.63, 3.8) is 0 Å². The summed E-state index contributed by atoms with van der Waals surface area (Å²) >= 11 is 6.39. The molecule has 0 spiro atoms. The van der Waals surface area contributed by atoms with Gasteiger partial charge >= 0.3 is 5.76 Å². The van der Waals surface area contributed by atoms with Crippen LogP contribution in [0.3, 0.4) is 0 Å². The number of benzene rings is 1. The first kappa shape index (κ1) is 28.4. The molecule has 5 aromatic rings. The van der Waals surface area contributed by atoms with Gasteiger partial charge in [0.05, 0.1) is 24.3 Å². The fraction of sp³-hybridized carbons (Fsp3) is 0.355. The van der Waals surface area contributed by atoms with Crippen molar-refractivity contribution < 1.29 is 13.7 Å². The number of morpholine rings is 1. The van der Waals surface area contributed by atoms with Crippen molar-refractivity contribution in [1.29, 1.82) is 0 Å². The van der Waals surface area contributed by atoms with Crippen molar-refractivity contribution in [1.82, 2.24) is 34.6 Å². The number of hydrogen-bond acceptors (Lipinski definition) is 9. The number of nitrogens with one attached hydrogen (secondary N) is 1. The normalized spacial score (nSPS) is 20.7. The highest BCUT2D eigenvalue weighted by Crippen LogP contribution is 2.39. The van der Waals surface area contributed by atoms with Gasteiger partial charge in [-0.05, 0) is 49.7 Å². The number of anilines is 1. The second-order valence-electron chi connectivity index (χ2n) is 11.2. The maximum absolute atomic E-state index is 15.2. The molecule has 44 heavy (non-hydrogen) atoms. The summed E-state index contributed by atoms with van der Waals surface area (Å²) in [5, 5.41) is 4.25. The maximum Gasteiger partial charge on any atom is 0.439 e. The summed E-state index contributed by atoms with van der Waals surface area (Å²) in [5.41, 5.74) is 2.78. The lowest BCUT2D eigenvalue weighted by molar-refractivity contribution is 0.0917. The molecule has 2 aliphatic rings. The minimum absolute atomic E-state index is 0.0718. The molecule has 1 N–H and O–H groups in total. The summed E-state index contributed by atoms with van der Waals surface area (Å²) < 4.78 is 27.9. The molecule has 1 unspecified atom stereocenters. The van der Waals surface area contributed by atoms with Gasteiger partial charge in [0.15, 0.2) is 5.65 Å². The summed E-state index contributed by atoms with van der Waals surface area (Å²) in [6, 6.07) is 8.12. The van der Waals surface area contributed by atoms with E-state index in [1.165, 1.54) is 6.07 Å². The maximum atomic E-state index is 15.2. The summed E-state index contributed by atoms with van der Waals surface area (Å²) in [6.07, 6.45) is 9.47. The highest BCUT2D eigenvalue weighted by molar-refractivity contribution is 6.30. The summed E-state index contributed by atoms with van der Waals surface area (Å²) in [6.45, 7) is 5.91. The van der Waals surface area contributed by atoms with E-state index in [4.69, 9.17) is 35.8 Å². The monoisotopic (exact) mass is 616 g/mol. The zero-order valence-electron chi connectivity index (χ0n) is 23.8. The fourth-order valence-electron chi connectivity index (χ4n) is 6.30. The quantitative estimate of drug-likeness (QED) is 0.233. The topological polar surface area (TPSA) is 128 Å². The summed E-state index contributed by atoms with van der Waals surface area (Å²) in [5.74, 6) is 0.693. The Labute approximate surface area is 256 Å². The van der Waals surface area contributed by atoms with Gasteiger partial charge < -0.3 is 14.2 Å². The number of ether oxygens (including phenoxy) is 1. The molecule has 4 aromatic heterocycles. The van der Waals surface area contributed by atoms with Gasteiger partial charge in [0.25, 0.3) is 0 Å². The molecule has 226 valence electrons. The largest absolute Gasteiger partial charge is 0.439 e. The Morgan fingerprint density at radius 2 is 1.98 bits per heavy atom. The Bertz CT molecular complexity index is 1880. The van der Waals surface area contributed by atoms with E-state index in [0.717, 1.165) is 25.7 Å². The average Bonchev–Trinajstić information content (AvgIpc) is 3.64. The Morgan fingerprint density at radius 1 is 1.14 bits per heavy atom. The Morgan fingerprint density at radius 3 is 2.73 bits per heavy atom. The number of nitrogens with zero attached hydrogens (tertiary/aromatic N) is 7. The van der Waals surface area contributed by atoms with Crippen molar-refractivity contribution >= 4 is 28.7 Å². The highest BCUT2D eigenvalue weighted by Gasteiger charge is 2.33. The van der Waals surface area contributed by atoms with Crippen LogP contribution in [0.25, 0.3) is 34.1 Å². The van der Waals surface area contributed by atoms with Crippen molar-refractivity contribution in [3.05, 3.63) is 82.3 Å². The van der Waals surface area contributed by atoms with Gasteiger partial charge in [0, 0.05) is 36.6 Å². The molecule has 0 radical (unpaired) electrons. The van der Waals surface area contributed by atoms with Gasteiger partial charge in [-0.1, -0.05) is 41.0 Å². The van der Waals surface area contributed by atoms with Crippen LogP contribution in [-0.2, 0) is 11.3 Å². The molecule has 2 fully saturated rings. The predicted octanol–water partition coefficient (Wildman–Crippen LogP) is 5.59. The minimum atomic E-state index is -0.725. The molecule has 0 bridgehead atoms. The Kier molecular flexibility index (Phi) is 7.69. The lowest BCUT2D eigenvalue weighted by atomic mass is 9.82. The number of aromatic amines is 1. The molecular weight excluding hydrogens is 587 g/mol. The molecule has 1 saturated carbocycles. The molecule has 7 rings (SSSR count). The van der Waals surface area contributed by atoms with Crippen LogP contribution in [0.15, 0.2) is 64.7 Å². The number of hydrogen-bond donors (Lipinski definition) is 1. The van der Waals surface area contributed by atoms with Gasteiger partial charge in [-0.2, -0.15) is 4.98 Å². The number of fused-ring (bicyclic) bond motifs is 1. The average molecular weight is 617 g/mol. The molecule has 0 amide bonds. The predicted molar refractivity (Wildman–Crippen MR) is 163 cm³/mol. The van der Waals surface area contributed by atoms with E-state index in [2.05, 4.69) is 37.2 Å². The van der Waals surface area contributed by atoms with Crippen LogP contribution in [0, 0.1) is 17.7 Å². The van der Waals surface area contributed by atoms with E-state index in [-0.39, 0.29) is 17.5 Å². The van der Waals surface area contributed by atoms with Crippen molar-refractivity contribution in [2.24, 2.45) is 11.8 Å². The lowest BCUT2D eigenvalue weighted by Crippen LogP contribution is -2.41. The third-order valence-corrected chi connectivity index (χ3v) is 8.74. The van der Waals surface area contributed by atoms with Crippen LogP contribution in [0.2, 0.25) is 5.02 Å². The van der Waals surface area contributed by atoms with Gasteiger partial charge in [0.1, 0.15) is 17.0 Å². The van der Waals surface area contributed by atoms with Crippen LogP contribution in [0.1, 0.15) is 37.3 Å². The molecule has 1 aromatic carbocycles. The molecule has 1 saturated heterocycles. The molecule has 5 heterocycles. The van der Waals surface area contributed by atoms with Gasteiger partial charge in [-0.15, -0.1) is 6.58 Å². The van der Waals surface area contributed by atoms with Crippen LogP contribution >= 0.6 is 11.6 Å². The number of imidazole rings is 1. The summed E-state index contributed by atoms with van der Waals surface area (Å²) in [7, 11) is 0. The van der Waals surface area contributed by atoms with Crippen LogP contribution in [-0.4, -0.2) is 54.4 Å². The van der Waals surface area contributed by atoms with E-state index in [1.54, 1.807) is 30.6 Å². The highest BCUT2D eigenvalue weighted by atomic mass is 35.5. The van der Waals surface area contributed by atoms with E-state index >= 15 is 4.39 Å². The van der Waals surface area contributed by atoms with Crippen molar-refractivity contribution in [3.8, 4) is 22.9 Å². The van der Waals surface area contributed by atoms with Crippen molar-refractivity contribution in [2.75, 3.05) is 24.7 Å². The molecule has 11 nitrogen and oxygen atoms in total. The van der Waals surface area contributed by atoms with Gasteiger partial charge in [-0.25, -0.2) is 19.2 Å². The second-order valence-corrected chi connectivity index (χ2v) is 11.7. The third kappa shape index (κ3) is 5.39. The smallest absolute Gasteiger partial charge is 0.377 e. The number of H-pyrrole nitrogens is 1. The van der Waals surface area contributed by atoms with Gasteiger partial charge in [0.2, 0.25) is 17.6 Å². The fourth-order valence-corrected chi connectivity index (χ4v) is 6.48. The number of allylic oxidation sites excluding steroid dienone is 1.